The van der Waals surface area contributed by atoms with Crippen LogP contribution >= 0.6 is 0 Å². The van der Waals surface area contributed by atoms with E-state index in [-0.39, 0.29) is 28.5 Å². The third kappa shape index (κ3) is 2.14. The molecule has 0 aliphatic carbocycles. The van der Waals surface area contributed by atoms with Crippen LogP contribution in [0.2, 0.25) is 0 Å². The quantitative estimate of drug-likeness (QED) is 0.899. The summed E-state index contributed by atoms with van der Waals surface area (Å²) in [5.41, 5.74) is -5.52. The fraction of sp³-hybridized carbons (Fsp3) is 0.300. The number of hydrogen-bond donors (Lipinski definition) is 1. The third-order valence-electron chi connectivity index (χ3n) is 2.77. The number of rotatable bonds is 2. The molecule has 1 aromatic rings. The van der Waals surface area contributed by atoms with Gasteiger partial charge in [0, 0.05) is 6.54 Å². The molecule has 1 aliphatic heterocycles. The van der Waals surface area contributed by atoms with Crippen LogP contribution in [0.1, 0.15) is 15.9 Å². The van der Waals surface area contributed by atoms with E-state index in [0.29, 0.717) is 5.56 Å². The second-order valence-corrected chi connectivity index (χ2v) is 5.78. The van der Waals surface area contributed by atoms with E-state index in [0.717, 1.165) is 6.07 Å². The van der Waals surface area contributed by atoms with E-state index in [4.69, 9.17) is 5.11 Å². The van der Waals surface area contributed by atoms with Crippen molar-refractivity contribution in [1.82, 2.24) is 0 Å². The summed E-state index contributed by atoms with van der Waals surface area (Å²) in [5, 5.41) is 8.77. The van der Waals surface area contributed by atoms with Gasteiger partial charge in [-0.1, -0.05) is 6.07 Å². The first kappa shape index (κ1) is 13.7. The number of hydrogen-bond acceptors (Lipinski definition) is 3. The molecule has 5 nitrogen and oxygen atoms in total. The van der Waals surface area contributed by atoms with E-state index < -0.39 is 21.5 Å². The molecule has 19 heavy (non-hydrogen) atoms. The summed E-state index contributed by atoms with van der Waals surface area (Å²) >= 11 is 0. The molecule has 104 valence electrons. The zero-order valence-electron chi connectivity index (χ0n) is 9.31. The molecule has 0 amide bonds. The number of alkyl halides is 3. The molecule has 1 heterocycles. The second-order valence-electron chi connectivity index (χ2n) is 3.92. The van der Waals surface area contributed by atoms with Gasteiger partial charge in [-0.3, -0.25) is 4.31 Å². The Morgan fingerprint density at radius 2 is 1.95 bits per heavy atom. The van der Waals surface area contributed by atoms with Gasteiger partial charge in [0.2, 0.25) is 0 Å². The van der Waals surface area contributed by atoms with Gasteiger partial charge in [-0.15, -0.1) is 0 Å². The van der Waals surface area contributed by atoms with Gasteiger partial charge in [0.15, 0.2) is 0 Å². The van der Waals surface area contributed by atoms with Crippen molar-refractivity contribution < 1.29 is 31.5 Å². The van der Waals surface area contributed by atoms with Crippen LogP contribution in [0.5, 0.6) is 0 Å². The number of sulfonamides is 1. The lowest BCUT2D eigenvalue weighted by atomic mass is 10.1. The lowest BCUT2D eigenvalue weighted by Gasteiger charge is -2.21. The summed E-state index contributed by atoms with van der Waals surface area (Å²) < 4.78 is 60.4. The summed E-state index contributed by atoms with van der Waals surface area (Å²) in [6.45, 7) is -0.347. The highest BCUT2D eigenvalue weighted by Gasteiger charge is 2.51. The minimum Gasteiger partial charge on any atom is -0.478 e. The summed E-state index contributed by atoms with van der Waals surface area (Å²) in [6, 6.07) is 3.49. The molecule has 0 radical (unpaired) electrons. The van der Waals surface area contributed by atoms with Gasteiger partial charge in [-0.05, 0) is 24.1 Å². The second kappa shape index (κ2) is 4.12. The molecule has 0 saturated carbocycles. The first-order valence-corrected chi connectivity index (χ1v) is 6.54. The monoisotopic (exact) mass is 295 g/mol. The van der Waals surface area contributed by atoms with Crippen LogP contribution in [0.3, 0.4) is 0 Å². The van der Waals surface area contributed by atoms with Gasteiger partial charge in [-0.2, -0.15) is 21.6 Å². The Balaban J connectivity index is 2.53. The average Bonchev–Trinajstić information content (AvgIpc) is 2.70. The summed E-state index contributed by atoms with van der Waals surface area (Å²) in [7, 11) is -5.49. The molecular formula is C10H8F3NO4S. The molecule has 0 spiro atoms. The maximum absolute atomic E-state index is 12.5. The highest BCUT2D eigenvalue weighted by Crippen LogP contribution is 2.37. The largest absolute Gasteiger partial charge is 0.516 e. The molecule has 9 heteroatoms. The van der Waals surface area contributed by atoms with Crippen molar-refractivity contribution in [2.45, 2.75) is 11.9 Å². The minimum absolute atomic E-state index is 0.116. The molecule has 0 atom stereocenters. The van der Waals surface area contributed by atoms with Gasteiger partial charge in [0.25, 0.3) is 0 Å². The number of carbonyl (C=O) groups is 1. The van der Waals surface area contributed by atoms with Crippen molar-refractivity contribution in [2.24, 2.45) is 0 Å². The average molecular weight is 295 g/mol. The third-order valence-corrected chi connectivity index (χ3v) is 4.31. The van der Waals surface area contributed by atoms with E-state index in [1.54, 1.807) is 0 Å². The van der Waals surface area contributed by atoms with E-state index >= 15 is 0 Å². The summed E-state index contributed by atoms with van der Waals surface area (Å²) in [6.07, 6.45) is 0.116. The van der Waals surface area contributed by atoms with Crippen LogP contribution in [0.15, 0.2) is 18.2 Å². The van der Waals surface area contributed by atoms with Crippen LogP contribution in [0, 0.1) is 0 Å². The van der Waals surface area contributed by atoms with E-state index in [1.165, 1.54) is 12.1 Å². The Bertz CT molecular complexity index is 639. The minimum atomic E-state index is -5.49. The standard InChI is InChI=1S/C10H8F3NO4S/c11-10(12,13)19(17,18)14-4-3-6-1-2-7(9(15)16)5-8(6)14/h1-2,5H,3-4H2,(H,15,16). The number of fused-ring (bicyclic) bond motifs is 1. The van der Waals surface area contributed by atoms with Crippen LogP contribution in [-0.2, 0) is 16.4 Å². The number of halogens is 3. The SMILES string of the molecule is O=C(O)c1ccc2c(c1)N(S(=O)(=O)C(F)(F)F)CC2. The maximum Gasteiger partial charge on any atom is 0.516 e. The lowest BCUT2D eigenvalue weighted by Crippen LogP contribution is -2.39. The van der Waals surface area contributed by atoms with Gasteiger partial charge < -0.3 is 5.11 Å². The Morgan fingerprint density at radius 1 is 1.32 bits per heavy atom. The van der Waals surface area contributed by atoms with Gasteiger partial charge in [-0.25, -0.2) is 4.79 Å². The Morgan fingerprint density at radius 3 is 2.47 bits per heavy atom. The number of carboxylic acid groups (broad SMARTS) is 1. The van der Waals surface area contributed by atoms with E-state index in [2.05, 4.69) is 0 Å². The predicted molar refractivity (Wildman–Crippen MR) is 59.4 cm³/mol. The molecule has 0 saturated heterocycles. The number of carboxylic acids is 1. The van der Waals surface area contributed by atoms with Crippen LogP contribution < -0.4 is 4.31 Å². The number of nitrogens with zero attached hydrogens (tertiary/aromatic N) is 1. The molecule has 0 fully saturated rings. The van der Waals surface area contributed by atoms with Crippen LogP contribution in [-0.4, -0.2) is 31.5 Å². The predicted octanol–water partition coefficient (Wildman–Crippen LogP) is 1.60. The van der Waals surface area contributed by atoms with Crippen molar-refractivity contribution >= 4 is 21.7 Å². The smallest absolute Gasteiger partial charge is 0.478 e. The van der Waals surface area contributed by atoms with Crippen molar-refractivity contribution in [3.8, 4) is 0 Å². The highest BCUT2D eigenvalue weighted by atomic mass is 32.2. The first-order chi connectivity index (χ1) is 8.64. The molecule has 0 aromatic heterocycles. The van der Waals surface area contributed by atoms with E-state index in [9.17, 15) is 26.4 Å². The molecule has 2 rings (SSSR count). The fourth-order valence-corrected chi connectivity index (χ4v) is 2.87. The molecule has 1 aliphatic rings. The van der Waals surface area contributed by atoms with Crippen molar-refractivity contribution in [3.05, 3.63) is 29.3 Å². The first-order valence-electron chi connectivity index (χ1n) is 5.10. The van der Waals surface area contributed by atoms with Gasteiger partial charge in [0.1, 0.15) is 0 Å². The normalized spacial score (nSPS) is 15.4. The lowest BCUT2D eigenvalue weighted by molar-refractivity contribution is -0.0437. The maximum atomic E-state index is 12.5. The summed E-state index contributed by atoms with van der Waals surface area (Å²) in [4.78, 5) is 10.8. The Hall–Kier alpha value is -1.77. The summed E-state index contributed by atoms with van der Waals surface area (Å²) in [5.74, 6) is -1.33. The zero-order chi connectivity index (χ0) is 14.4. The topological polar surface area (TPSA) is 74.7 Å². The van der Waals surface area contributed by atoms with Crippen molar-refractivity contribution in [3.63, 3.8) is 0 Å². The van der Waals surface area contributed by atoms with Crippen molar-refractivity contribution in [1.29, 1.82) is 0 Å². The fourth-order valence-electron chi connectivity index (χ4n) is 1.86. The zero-order valence-corrected chi connectivity index (χ0v) is 10.1. The van der Waals surface area contributed by atoms with Crippen LogP contribution in [0.25, 0.3) is 0 Å². The van der Waals surface area contributed by atoms with E-state index in [1.807, 2.05) is 0 Å². The number of benzene rings is 1. The number of aromatic carboxylic acids is 1. The van der Waals surface area contributed by atoms with Crippen molar-refractivity contribution in [2.75, 3.05) is 10.8 Å². The number of anilines is 1. The van der Waals surface area contributed by atoms with Gasteiger partial charge >= 0.3 is 21.5 Å². The molecule has 0 unspecified atom stereocenters. The highest BCUT2D eigenvalue weighted by molar-refractivity contribution is 7.93. The molecule has 1 N–H and O–H groups in total. The molecule has 1 aromatic carbocycles. The van der Waals surface area contributed by atoms with Crippen LogP contribution in [0.4, 0.5) is 18.9 Å². The Labute approximate surface area is 106 Å². The molecular weight excluding hydrogens is 287 g/mol. The Kier molecular flexibility index (Phi) is 2.96. The molecule has 0 bridgehead atoms. The van der Waals surface area contributed by atoms with Gasteiger partial charge in [0.05, 0.1) is 11.3 Å².